The Morgan fingerprint density at radius 2 is 2.13 bits per heavy atom. The second kappa shape index (κ2) is 7.46. The fraction of sp³-hybridized carbons (Fsp3) is 0.529. The lowest BCUT2D eigenvalue weighted by Gasteiger charge is -2.13. The Labute approximate surface area is 135 Å². The van der Waals surface area contributed by atoms with Crippen LogP contribution in [0.2, 0.25) is 0 Å². The third-order valence-corrected chi connectivity index (χ3v) is 4.16. The lowest BCUT2D eigenvalue weighted by Crippen LogP contribution is -2.41. The highest BCUT2D eigenvalue weighted by Gasteiger charge is 2.26. The van der Waals surface area contributed by atoms with Gasteiger partial charge in [-0.05, 0) is 37.0 Å². The largest absolute Gasteiger partial charge is 0.491 e. The maximum atomic E-state index is 11.9. The number of nitrogens with one attached hydrogen (secondary N) is 2. The van der Waals surface area contributed by atoms with Crippen LogP contribution in [0.1, 0.15) is 31.2 Å². The predicted molar refractivity (Wildman–Crippen MR) is 83.9 cm³/mol. The van der Waals surface area contributed by atoms with E-state index in [1.165, 1.54) is 0 Å². The molecule has 0 radical (unpaired) electrons. The zero-order chi connectivity index (χ0) is 16.1. The highest BCUT2D eigenvalue weighted by Crippen LogP contribution is 2.16. The van der Waals surface area contributed by atoms with E-state index in [1.807, 2.05) is 24.3 Å². The van der Waals surface area contributed by atoms with Gasteiger partial charge in [-0.15, -0.1) is 0 Å². The Hall–Kier alpha value is -2.08. The Kier molecular flexibility index (Phi) is 5.12. The first-order chi connectivity index (χ1) is 11.2. The van der Waals surface area contributed by atoms with Gasteiger partial charge in [-0.1, -0.05) is 12.1 Å². The van der Waals surface area contributed by atoms with Crippen LogP contribution in [0.3, 0.4) is 0 Å². The van der Waals surface area contributed by atoms with Crippen molar-refractivity contribution < 1.29 is 19.1 Å². The molecule has 0 aliphatic carbocycles. The van der Waals surface area contributed by atoms with Gasteiger partial charge in [-0.2, -0.15) is 0 Å². The number of hydrogen-bond donors (Lipinski definition) is 2. The average Bonchev–Trinajstić information content (AvgIpc) is 3.23. The smallest absolute Gasteiger partial charge is 0.242 e. The predicted octanol–water partition coefficient (Wildman–Crippen LogP) is 1.14. The molecule has 3 rings (SSSR count). The van der Waals surface area contributed by atoms with Crippen molar-refractivity contribution in [2.75, 3.05) is 13.2 Å². The normalized spacial score (nSPS) is 23.6. The fourth-order valence-corrected chi connectivity index (χ4v) is 2.79. The van der Waals surface area contributed by atoms with E-state index in [2.05, 4.69) is 10.6 Å². The van der Waals surface area contributed by atoms with Crippen molar-refractivity contribution in [2.45, 2.75) is 44.4 Å². The number of rotatable bonds is 6. The van der Waals surface area contributed by atoms with Crippen LogP contribution in [0, 0.1) is 0 Å². The van der Waals surface area contributed by atoms with E-state index in [0.717, 1.165) is 30.8 Å². The van der Waals surface area contributed by atoms with Gasteiger partial charge in [0.25, 0.3) is 0 Å². The summed E-state index contributed by atoms with van der Waals surface area (Å²) in [6.07, 6.45) is 3.36. The summed E-state index contributed by atoms with van der Waals surface area (Å²) in [4.78, 5) is 23.0. The molecule has 6 heteroatoms. The molecular weight excluding hydrogens is 296 g/mol. The molecule has 2 amide bonds. The molecule has 0 aromatic heterocycles. The number of benzene rings is 1. The molecule has 2 aliphatic rings. The molecule has 23 heavy (non-hydrogen) atoms. The summed E-state index contributed by atoms with van der Waals surface area (Å²) >= 11 is 0. The summed E-state index contributed by atoms with van der Waals surface area (Å²) in [5, 5.41) is 5.50. The van der Waals surface area contributed by atoms with Crippen LogP contribution in [-0.2, 0) is 20.9 Å². The molecule has 2 N–H and O–H groups in total. The van der Waals surface area contributed by atoms with Crippen molar-refractivity contribution >= 4 is 11.8 Å². The summed E-state index contributed by atoms with van der Waals surface area (Å²) in [5.41, 5.74) is 0.993. The molecular formula is C17H22N2O4. The van der Waals surface area contributed by atoms with Gasteiger partial charge in [-0.3, -0.25) is 9.59 Å². The first-order valence-corrected chi connectivity index (χ1v) is 8.11. The van der Waals surface area contributed by atoms with Crippen LogP contribution in [-0.4, -0.2) is 37.2 Å². The Morgan fingerprint density at radius 1 is 1.30 bits per heavy atom. The third-order valence-electron chi connectivity index (χ3n) is 4.16. The summed E-state index contributed by atoms with van der Waals surface area (Å²) in [7, 11) is 0. The van der Waals surface area contributed by atoms with E-state index in [4.69, 9.17) is 9.47 Å². The molecule has 124 valence electrons. The third kappa shape index (κ3) is 4.45. The minimum absolute atomic E-state index is 0.0575. The number of ether oxygens (including phenoxy) is 2. The number of carbonyl (C=O) groups excluding carboxylic acids is 2. The Bertz CT molecular complexity index is 552. The monoisotopic (exact) mass is 318 g/mol. The van der Waals surface area contributed by atoms with Gasteiger partial charge in [0.15, 0.2) is 0 Å². The number of carbonyl (C=O) groups is 2. The first-order valence-electron chi connectivity index (χ1n) is 8.11. The molecule has 1 aromatic carbocycles. The molecule has 0 bridgehead atoms. The molecule has 1 aromatic rings. The van der Waals surface area contributed by atoms with Crippen molar-refractivity contribution in [3.8, 4) is 5.75 Å². The van der Waals surface area contributed by atoms with E-state index in [0.29, 0.717) is 26.0 Å². The van der Waals surface area contributed by atoms with Crippen molar-refractivity contribution in [1.29, 1.82) is 0 Å². The van der Waals surface area contributed by atoms with E-state index < -0.39 is 6.04 Å². The van der Waals surface area contributed by atoms with E-state index in [9.17, 15) is 9.59 Å². The molecule has 0 saturated carbocycles. The van der Waals surface area contributed by atoms with Crippen LogP contribution in [0.5, 0.6) is 5.75 Å². The molecule has 0 unspecified atom stereocenters. The van der Waals surface area contributed by atoms with Gasteiger partial charge >= 0.3 is 0 Å². The minimum atomic E-state index is -0.392. The molecule has 0 spiro atoms. The summed E-state index contributed by atoms with van der Waals surface area (Å²) < 4.78 is 11.2. The lowest BCUT2D eigenvalue weighted by atomic mass is 10.2. The molecule has 2 atom stereocenters. The van der Waals surface area contributed by atoms with E-state index >= 15 is 0 Å². The van der Waals surface area contributed by atoms with Crippen molar-refractivity contribution in [2.24, 2.45) is 0 Å². The Balaban J connectivity index is 1.42. The highest BCUT2D eigenvalue weighted by molar-refractivity contribution is 5.90. The quantitative estimate of drug-likeness (QED) is 0.824. The zero-order valence-electron chi connectivity index (χ0n) is 13.0. The van der Waals surface area contributed by atoms with E-state index in [-0.39, 0.29) is 17.9 Å². The van der Waals surface area contributed by atoms with Crippen molar-refractivity contribution in [3.05, 3.63) is 29.8 Å². The zero-order valence-corrected chi connectivity index (χ0v) is 13.0. The van der Waals surface area contributed by atoms with E-state index in [1.54, 1.807) is 0 Å². The first kappa shape index (κ1) is 15.8. The van der Waals surface area contributed by atoms with Crippen LogP contribution >= 0.6 is 0 Å². The van der Waals surface area contributed by atoms with Crippen LogP contribution in [0.4, 0.5) is 0 Å². The van der Waals surface area contributed by atoms with Crippen LogP contribution < -0.4 is 15.4 Å². The van der Waals surface area contributed by atoms with Gasteiger partial charge in [0, 0.05) is 19.6 Å². The summed E-state index contributed by atoms with van der Waals surface area (Å²) in [5.74, 6) is 0.617. The number of hydrogen-bond acceptors (Lipinski definition) is 4. The summed E-state index contributed by atoms with van der Waals surface area (Å²) in [6, 6.07) is 7.26. The molecule has 2 heterocycles. The maximum absolute atomic E-state index is 11.9. The van der Waals surface area contributed by atoms with Crippen molar-refractivity contribution in [1.82, 2.24) is 10.6 Å². The maximum Gasteiger partial charge on any atom is 0.242 e. The summed E-state index contributed by atoms with van der Waals surface area (Å²) in [6.45, 7) is 1.85. The highest BCUT2D eigenvalue weighted by atomic mass is 16.5. The fourth-order valence-electron chi connectivity index (χ4n) is 2.79. The average molecular weight is 318 g/mol. The minimum Gasteiger partial charge on any atom is -0.491 e. The second-order valence-electron chi connectivity index (χ2n) is 5.97. The Morgan fingerprint density at radius 3 is 2.78 bits per heavy atom. The SMILES string of the molecule is O=C1CC[C@H](C(=O)NCc2ccc(OC[C@@H]3CCCO3)cc2)N1. The van der Waals surface area contributed by atoms with Crippen LogP contribution in [0.15, 0.2) is 24.3 Å². The van der Waals surface area contributed by atoms with Gasteiger partial charge in [-0.25, -0.2) is 0 Å². The molecule has 2 aliphatic heterocycles. The number of amides is 2. The van der Waals surface area contributed by atoms with Crippen molar-refractivity contribution in [3.63, 3.8) is 0 Å². The molecule has 6 nitrogen and oxygen atoms in total. The topological polar surface area (TPSA) is 76.7 Å². The van der Waals surface area contributed by atoms with Gasteiger partial charge < -0.3 is 20.1 Å². The van der Waals surface area contributed by atoms with Crippen LogP contribution in [0.25, 0.3) is 0 Å². The van der Waals surface area contributed by atoms with Gasteiger partial charge in [0.1, 0.15) is 18.4 Å². The van der Waals surface area contributed by atoms with Gasteiger partial charge in [0.2, 0.25) is 11.8 Å². The second-order valence-corrected chi connectivity index (χ2v) is 5.97. The lowest BCUT2D eigenvalue weighted by molar-refractivity contribution is -0.125. The molecule has 2 fully saturated rings. The molecule has 2 saturated heterocycles. The van der Waals surface area contributed by atoms with Gasteiger partial charge in [0.05, 0.1) is 6.10 Å². The standard InChI is InChI=1S/C17H22N2O4/c20-16-8-7-15(19-16)17(21)18-10-12-3-5-13(6-4-12)23-11-14-2-1-9-22-14/h3-6,14-15H,1-2,7-11H2,(H,18,21)(H,19,20)/t14-,15+/m0/s1.